The number of amides is 1. The van der Waals surface area contributed by atoms with E-state index in [1.807, 2.05) is 36.0 Å². The zero-order valence-electron chi connectivity index (χ0n) is 16.6. The van der Waals surface area contributed by atoms with Gasteiger partial charge in [0.2, 0.25) is 5.78 Å². The topological polar surface area (TPSA) is 70.0 Å². The first-order valence-electron chi connectivity index (χ1n) is 8.98. The number of aryl methyl sites for hydroxylation is 1. The van der Waals surface area contributed by atoms with Gasteiger partial charge in [0.15, 0.2) is 5.76 Å². The van der Waals surface area contributed by atoms with Crippen LogP contribution in [0.3, 0.4) is 0 Å². The fourth-order valence-electron chi connectivity index (χ4n) is 3.21. The van der Waals surface area contributed by atoms with Gasteiger partial charge in [0.25, 0.3) is 0 Å². The molecule has 1 amide bonds. The van der Waals surface area contributed by atoms with Crippen molar-refractivity contribution in [3.05, 3.63) is 59.5 Å². The number of rotatable bonds is 3. The lowest BCUT2D eigenvalue weighted by atomic mass is 10.1. The highest BCUT2D eigenvalue weighted by Crippen LogP contribution is 2.36. The van der Waals surface area contributed by atoms with Crippen molar-refractivity contribution in [1.82, 2.24) is 9.47 Å². The van der Waals surface area contributed by atoms with Crippen LogP contribution in [-0.2, 0) is 7.05 Å². The molecule has 0 fully saturated rings. The number of carbonyl (C=O) groups is 2. The maximum Gasteiger partial charge on any atom is 0.414 e. The van der Waals surface area contributed by atoms with Gasteiger partial charge in [0, 0.05) is 49.9 Å². The second kappa shape index (κ2) is 7.01. The Morgan fingerprint density at radius 3 is 2.62 bits per heavy atom. The van der Waals surface area contributed by atoms with Gasteiger partial charge in [-0.3, -0.25) is 4.79 Å². The smallest absolute Gasteiger partial charge is 0.414 e. The summed E-state index contributed by atoms with van der Waals surface area (Å²) in [5, 5.41) is 0.951. The Morgan fingerprint density at radius 2 is 1.90 bits per heavy atom. The summed E-state index contributed by atoms with van der Waals surface area (Å²) < 4.78 is 18.3. The molecule has 0 aliphatic carbocycles. The summed E-state index contributed by atoms with van der Waals surface area (Å²) in [7, 11) is 6.74. The normalized spacial score (nSPS) is 14.1. The number of hydrogen-bond acceptors (Lipinski definition) is 5. The quantitative estimate of drug-likeness (QED) is 0.633. The third-order valence-corrected chi connectivity index (χ3v) is 4.73. The van der Waals surface area contributed by atoms with Crippen molar-refractivity contribution in [3.8, 4) is 17.2 Å². The fraction of sp³-hybridized carbons (Fsp3) is 0.182. The van der Waals surface area contributed by atoms with E-state index in [0.29, 0.717) is 17.1 Å². The van der Waals surface area contributed by atoms with Gasteiger partial charge >= 0.3 is 6.09 Å². The second-order valence-corrected chi connectivity index (χ2v) is 6.94. The summed E-state index contributed by atoms with van der Waals surface area (Å²) in [6, 6.07) is 10.5. The monoisotopic (exact) mass is 392 g/mol. The number of nitrogens with zero attached hydrogens (tertiary/aromatic N) is 2. The SMILES string of the molecule is COc1ccc2c(c1)c(/C=C1/Oc3cc(OC(=O)N(C)C)ccc3C1=O)cn2C. The van der Waals surface area contributed by atoms with Crippen molar-refractivity contribution in [2.24, 2.45) is 7.05 Å². The van der Waals surface area contributed by atoms with Gasteiger partial charge in [-0.1, -0.05) is 0 Å². The molecule has 2 aromatic carbocycles. The third-order valence-electron chi connectivity index (χ3n) is 4.73. The molecule has 1 aromatic heterocycles. The summed E-state index contributed by atoms with van der Waals surface area (Å²) in [6.07, 6.45) is 3.14. The molecular formula is C22H20N2O5. The van der Waals surface area contributed by atoms with E-state index in [1.54, 1.807) is 45.5 Å². The molecule has 7 heteroatoms. The van der Waals surface area contributed by atoms with Gasteiger partial charge in [-0.2, -0.15) is 0 Å². The molecule has 1 aliphatic heterocycles. The van der Waals surface area contributed by atoms with E-state index in [9.17, 15) is 9.59 Å². The van der Waals surface area contributed by atoms with Gasteiger partial charge in [0.05, 0.1) is 12.7 Å². The molecule has 4 rings (SSSR count). The van der Waals surface area contributed by atoms with E-state index in [-0.39, 0.29) is 11.5 Å². The number of carbonyl (C=O) groups excluding carboxylic acids is 2. The van der Waals surface area contributed by atoms with Crippen molar-refractivity contribution in [1.29, 1.82) is 0 Å². The van der Waals surface area contributed by atoms with E-state index in [0.717, 1.165) is 22.2 Å². The number of benzene rings is 2. The van der Waals surface area contributed by atoms with Crippen molar-refractivity contribution < 1.29 is 23.8 Å². The van der Waals surface area contributed by atoms with E-state index < -0.39 is 6.09 Å². The number of ether oxygens (including phenoxy) is 3. The highest BCUT2D eigenvalue weighted by Gasteiger charge is 2.28. The number of methoxy groups -OCH3 is 1. The van der Waals surface area contributed by atoms with Crippen molar-refractivity contribution in [2.75, 3.05) is 21.2 Å². The van der Waals surface area contributed by atoms with Crippen LogP contribution in [0.25, 0.3) is 17.0 Å². The van der Waals surface area contributed by atoms with Crippen molar-refractivity contribution in [2.45, 2.75) is 0 Å². The molecule has 0 bridgehead atoms. The van der Waals surface area contributed by atoms with Crippen LogP contribution >= 0.6 is 0 Å². The lowest BCUT2D eigenvalue weighted by Crippen LogP contribution is -2.25. The fourth-order valence-corrected chi connectivity index (χ4v) is 3.21. The molecule has 7 nitrogen and oxygen atoms in total. The van der Waals surface area contributed by atoms with E-state index >= 15 is 0 Å². The summed E-state index contributed by atoms with van der Waals surface area (Å²) in [4.78, 5) is 25.8. The molecular weight excluding hydrogens is 372 g/mol. The van der Waals surface area contributed by atoms with Crippen LogP contribution in [0, 0.1) is 0 Å². The number of aromatic nitrogens is 1. The molecule has 148 valence electrons. The molecule has 0 saturated carbocycles. The minimum absolute atomic E-state index is 0.214. The first-order chi connectivity index (χ1) is 13.9. The molecule has 0 radical (unpaired) electrons. The number of ketones is 1. The average molecular weight is 392 g/mol. The van der Waals surface area contributed by atoms with Gasteiger partial charge in [-0.15, -0.1) is 0 Å². The molecule has 3 aromatic rings. The molecule has 0 unspecified atom stereocenters. The number of Topliss-reactive ketones (excluding diaryl/α,β-unsaturated/α-hetero) is 1. The molecule has 2 heterocycles. The zero-order valence-corrected chi connectivity index (χ0v) is 16.6. The lowest BCUT2D eigenvalue weighted by molar-refractivity contribution is 0.101. The Morgan fingerprint density at radius 1 is 1.14 bits per heavy atom. The highest BCUT2D eigenvalue weighted by molar-refractivity contribution is 6.15. The predicted octanol–water partition coefficient (Wildman–Crippen LogP) is 3.86. The minimum atomic E-state index is -0.505. The molecule has 1 aliphatic rings. The summed E-state index contributed by atoms with van der Waals surface area (Å²) >= 11 is 0. The highest BCUT2D eigenvalue weighted by atomic mass is 16.6. The molecule has 0 saturated heterocycles. The third kappa shape index (κ3) is 3.31. The van der Waals surface area contributed by atoms with Crippen LogP contribution in [0.1, 0.15) is 15.9 Å². The lowest BCUT2D eigenvalue weighted by Gasteiger charge is -2.10. The summed E-state index contributed by atoms with van der Waals surface area (Å²) in [5.74, 6) is 1.41. The zero-order chi connectivity index (χ0) is 20.7. The van der Waals surface area contributed by atoms with Crippen LogP contribution in [0.4, 0.5) is 4.79 Å². The van der Waals surface area contributed by atoms with E-state index in [1.165, 1.54) is 4.90 Å². The average Bonchev–Trinajstić information content (AvgIpc) is 3.18. The van der Waals surface area contributed by atoms with Crippen LogP contribution in [-0.4, -0.2) is 42.5 Å². The molecule has 0 N–H and O–H groups in total. The largest absolute Gasteiger partial charge is 0.497 e. The first-order valence-corrected chi connectivity index (χ1v) is 8.98. The number of fused-ring (bicyclic) bond motifs is 2. The van der Waals surface area contributed by atoms with E-state index in [4.69, 9.17) is 14.2 Å². The maximum atomic E-state index is 12.8. The van der Waals surface area contributed by atoms with Gasteiger partial charge < -0.3 is 23.7 Å². The number of hydrogen-bond donors (Lipinski definition) is 0. The van der Waals surface area contributed by atoms with Crippen LogP contribution < -0.4 is 14.2 Å². The summed E-state index contributed by atoms with van der Waals surface area (Å²) in [5.41, 5.74) is 2.29. The van der Waals surface area contributed by atoms with Crippen LogP contribution in [0.15, 0.2) is 48.4 Å². The van der Waals surface area contributed by atoms with Gasteiger partial charge in [-0.05, 0) is 36.4 Å². The van der Waals surface area contributed by atoms with Gasteiger partial charge in [-0.25, -0.2) is 4.79 Å². The van der Waals surface area contributed by atoms with Crippen LogP contribution in [0.2, 0.25) is 0 Å². The van der Waals surface area contributed by atoms with Crippen molar-refractivity contribution in [3.63, 3.8) is 0 Å². The summed E-state index contributed by atoms with van der Waals surface area (Å²) in [6.45, 7) is 0. The van der Waals surface area contributed by atoms with E-state index in [2.05, 4.69) is 0 Å². The molecule has 0 atom stereocenters. The van der Waals surface area contributed by atoms with Crippen molar-refractivity contribution >= 4 is 28.9 Å². The first kappa shape index (κ1) is 18.6. The molecule has 29 heavy (non-hydrogen) atoms. The van der Waals surface area contributed by atoms with Crippen LogP contribution in [0.5, 0.6) is 17.2 Å². The Balaban J connectivity index is 1.68. The Labute approximate surface area is 167 Å². The van der Waals surface area contributed by atoms with Gasteiger partial charge in [0.1, 0.15) is 17.2 Å². The minimum Gasteiger partial charge on any atom is -0.497 e. The standard InChI is InChI=1S/C22H20N2O5/c1-23(2)22(26)28-15-5-7-16-19(11-15)29-20(21(16)25)9-13-12-24(3)18-8-6-14(27-4)10-17(13)18/h5-12H,1-4H3/b20-9+. The maximum absolute atomic E-state index is 12.8. The predicted molar refractivity (Wildman–Crippen MR) is 109 cm³/mol. The Hall–Kier alpha value is -3.74. The Kier molecular flexibility index (Phi) is 4.50. The molecule has 0 spiro atoms. The number of allylic oxidation sites excluding steroid dienone is 1. The Bertz CT molecular complexity index is 1170. The second-order valence-electron chi connectivity index (χ2n) is 6.94.